The first kappa shape index (κ1) is 16.1. The molecular formula is C20H28N2O2. The second kappa shape index (κ2) is 6.47. The average molecular weight is 328 g/mol. The van der Waals surface area contributed by atoms with Crippen LogP contribution in [0.1, 0.15) is 73.5 Å². The molecule has 2 heterocycles. The van der Waals surface area contributed by atoms with Crippen LogP contribution in [0.15, 0.2) is 12.3 Å². The zero-order valence-corrected chi connectivity index (χ0v) is 14.7. The molecule has 0 N–H and O–H groups in total. The summed E-state index contributed by atoms with van der Waals surface area (Å²) < 4.78 is 5.08. The van der Waals surface area contributed by atoms with E-state index in [1.807, 2.05) is 13.0 Å². The maximum absolute atomic E-state index is 11.9. The summed E-state index contributed by atoms with van der Waals surface area (Å²) >= 11 is 0. The average Bonchev–Trinajstić information content (AvgIpc) is 2.59. The van der Waals surface area contributed by atoms with Crippen LogP contribution in [0.25, 0.3) is 0 Å². The number of esters is 1. The number of pyridine rings is 1. The minimum Gasteiger partial charge on any atom is -0.462 e. The summed E-state index contributed by atoms with van der Waals surface area (Å²) in [6.07, 6.45) is 12.7. The van der Waals surface area contributed by atoms with Crippen LogP contribution in [0.3, 0.4) is 0 Å². The quantitative estimate of drug-likeness (QED) is 0.793. The van der Waals surface area contributed by atoms with Crippen molar-refractivity contribution in [2.45, 2.75) is 70.9 Å². The van der Waals surface area contributed by atoms with E-state index >= 15 is 0 Å². The summed E-state index contributed by atoms with van der Waals surface area (Å²) in [6.45, 7) is 4.29. The highest BCUT2D eigenvalue weighted by Gasteiger charge is 2.46. The number of rotatable bonds is 3. The lowest BCUT2D eigenvalue weighted by molar-refractivity contribution is -0.0313. The highest BCUT2D eigenvalue weighted by atomic mass is 16.5. The van der Waals surface area contributed by atoms with Crippen molar-refractivity contribution in [3.8, 4) is 0 Å². The second-order valence-corrected chi connectivity index (χ2v) is 7.89. The number of carbonyl (C=O) groups excluding carboxylic acids is 1. The molecule has 3 aliphatic rings. The standard InChI is InChI=1S/C20H28N2O2/c1-2-24-19(23)16-10-15-6-9-22(14-18(15)21-13-16)17-11-20(12-17)7-4-3-5-8-20/h10,13,17H,2-9,11-12,14H2,1H3. The molecule has 2 fully saturated rings. The van der Waals surface area contributed by atoms with Gasteiger partial charge in [0.15, 0.2) is 0 Å². The second-order valence-electron chi connectivity index (χ2n) is 7.89. The molecule has 2 aliphatic carbocycles. The normalized spacial score (nSPS) is 23.5. The predicted octanol–water partition coefficient (Wildman–Crippen LogP) is 3.73. The first-order chi connectivity index (χ1) is 11.7. The van der Waals surface area contributed by atoms with Crippen molar-refractivity contribution >= 4 is 5.97 Å². The molecule has 1 aromatic rings. The molecule has 0 aromatic carbocycles. The molecule has 1 spiro atoms. The van der Waals surface area contributed by atoms with Gasteiger partial charge in [0.1, 0.15) is 0 Å². The molecule has 0 saturated heterocycles. The van der Waals surface area contributed by atoms with Crippen molar-refractivity contribution in [1.29, 1.82) is 0 Å². The largest absolute Gasteiger partial charge is 0.462 e. The van der Waals surface area contributed by atoms with E-state index in [0.717, 1.165) is 31.2 Å². The molecular weight excluding hydrogens is 300 g/mol. The van der Waals surface area contributed by atoms with E-state index in [2.05, 4.69) is 9.88 Å². The van der Waals surface area contributed by atoms with Gasteiger partial charge in [-0.15, -0.1) is 0 Å². The van der Waals surface area contributed by atoms with Gasteiger partial charge in [0.25, 0.3) is 0 Å². The molecule has 4 heteroatoms. The van der Waals surface area contributed by atoms with Crippen molar-refractivity contribution < 1.29 is 9.53 Å². The van der Waals surface area contributed by atoms with Crippen LogP contribution in [0.5, 0.6) is 0 Å². The lowest BCUT2D eigenvalue weighted by atomic mass is 9.58. The maximum Gasteiger partial charge on any atom is 0.339 e. The fourth-order valence-electron chi connectivity index (χ4n) is 4.98. The number of ether oxygens (including phenoxy) is 1. The predicted molar refractivity (Wildman–Crippen MR) is 92.8 cm³/mol. The van der Waals surface area contributed by atoms with E-state index < -0.39 is 0 Å². The highest BCUT2D eigenvalue weighted by molar-refractivity contribution is 5.89. The molecule has 130 valence electrons. The number of aromatic nitrogens is 1. The number of carbonyl (C=O) groups is 1. The van der Waals surface area contributed by atoms with Crippen LogP contribution >= 0.6 is 0 Å². The Morgan fingerprint density at radius 2 is 2.12 bits per heavy atom. The summed E-state index contributed by atoms with van der Waals surface area (Å²) in [5.74, 6) is -0.256. The number of fused-ring (bicyclic) bond motifs is 1. The van der Waals surface area contributed by atoms with Gasteiger partial charge in [-0.3, -0.25) is 9.88 Å². The van der Waals surface area contributed by atoms with Crippen molar-refractivity contribution in [3.05, 3.63) is 29.1 Å². The van der Waals surface area contributed by atoms with Gasteiger partial charge in [-0.2, -0.15) is 0 Å². The third-order valence-corrected chi connectivity index (χ3v) is 6.36. The van der Waals surface area contributed by atoms with E-state index in [9.17, 15) is 4.79 Å². The van der Waals surface area contributed by atoms with Crippen LogP contribution < -0.4 is 0 Å². The topological polar surface area (TPSA) is 42.4 Å². The molecule has 4 rings (SSSR count). The van der Waals surface area contributed by atoms with Gasteiger partial charge in [0, 0.05) is 25.3 Å². The fourth-order valence-corrected chi connectivity index (χ4v) is 4.98. The number of hydrogen-bond acceptors (Lipinski definition) is 4. The van der Waals surface area contributed by atoms with Crippen LogP contribution in [0.4, 0.5) is 0 Å². The Morgan fingerprint density at radius 3 is 2.88 bits per heavy atom. The Balaban J connectivity index is 1.39. The van der Waals surface area contributed by atoms with E-state index in [-0.39, 0.29) is 5.97 Å². The van der Waals surface area contributed by atoms with Gasteiger partial charge >= 0.3 is 5.97 Å². The molecule has 0 atom stereocenters. The van der Waals surface area contributed by atoms with E-state index in [0.29, 0.717) is 17.6 Å². The van der Waals surface area contributed by atoms with Gasteiger partial charge in [0.05, 0.1) is 17.9 Å². The third kappa shape index (κ3) is 2.97. The van der Waals surface area contributed by atoms with Crippen molar-refractivity contribution in [2.24, 2.45) is 5.41 Å². The molecule has 4 nitrogen and oxygen atoms in total. The van der Waals surface area contributed by atoms with Gasteiger partial charge in [-0.05, 0) is 56.1 Å². The first-order valence-corrected chi connectivity index (χ1v) is 9.58. The van der Waals surface area contributed by atoms with Gasteiger partial charge in [-0.25, -0.2) is 4.79 Å². The van der Waals surface area contributed by atoms with Crippen LogP contribution in [-0.4, -0.2) is 35.0 Å². The van der Waals surface area contributed by atoms with E-state index in [1.54, 1.807) is 6.20 Å². The summed E-state index contributed by atoms with van der Waals surface area (Å²) in [6, 6.07) is 2.74. The Hall–Kier alpha value is -1.42. The van der Waals surface area contributed by atoms with E-state index in [1.165, 1.54) is 50.5 Å². The maximum atomic E-state index is 11.9. The zero-order valence-electron chi connectivity index (χ0n) is 14.7. The fraction of sp³-hybridized carbons (Fsp3) is 0.700. The Kier molecular flexibility index (Phi) is 4.33. The van der Waals surface area contributed by atoms with E-state index in [4.69, 9.17) is 4.74 Å². The molecule has 0 bridgehead atoms. The van der Waals surface area contributed by atoms with Crippen LogP contribution in [0.2, 0.25) is 0 Å². The minimum atomic E-state index is -0.256. The lowest BCUT2D eigenvalue weighted by Gasteiger charge is -2.54. The third-order valence-electron chi connectivity index (χ3n) is 6.36. The molecule has 1 aliphatic heterocycles. The van der Waals surface area contributed by atoms with Crippen molar-refractivity contribution in [2.75, 3.05) is 13.2 Å². The molecule has 24 heavy (non-hydrogen) atoms. The molecule has 2 saturated carbocycles. The summed E-state index contributed by atoms with van der Waals surface area (Å²) in [5, 5.41) is 0. The van der Waals surface area contributed by atoms with Crippen LogP contribution in [0, 0.1) is 5.41 Å². The summed E-state index contributed by atoms with van der Waals surface area (Å²) in [4.78, 5) is 19.1. The lowest BCUT2D eigenvalue weighted by Crippen LogP contribution is -2.52. The molecule has 0 unspecified atom stereocenters. The number of hydrogen-bond donors (Lipinski definition) is 0. The Labute approximate surface area is 144 Å². The van der Waals surface area contributed by atoms with Gasteiger partial charge < -0.3 is 4.74 Å². The zero-order chi connectivity index (χ0) is 16.6. The van der Waals surface area contributed by atoms with Crippen molar-refractivity contribution in [3.63, 3.8) is 0 Å². The highest BCUT2D eigenvalue weighted by Crippen LogP contribution is 2.53. The molecule has 0 radical (unpaired) electrons. The Morgan fingerprint density at radius 1 is 1.33 bits per heavy atom. The minimum absolute atomic E-state index is 0.256. The van der Waals surface area contributed by atoms with Gasteiger partial charge in [-0.1, -0.05) is 19.3 Å². The molecule has 1 aromatic heterocycles. The SMILES string of the molecule is CCOC(=O)c1cnc2c(c1)CCN(C1CC3(CCCCC3)C1)C2. The van der Waals surface area contributed by atoms with Crippen LogP contribution in [-0.2, 0) is 17.7 Å². The summed E-state index contributed by atoms with van der Waals surface area (Å²) in [5.41, 5.74) is 3.65. The van der Waals surface area contributed by atoms with Crippen molar-refractivity contribution in [1.82, 2.24) is 9.88 Å². The van der Waals surface area contributed by atoms with Gasteiger partial charge in [0.2, 0.25) is 0 Å². The number of nitrogens with zero attached hydrogens (tertiary/aromatic N) is 2. The molecule has 0 amide bonds. The monoisotopic (exact) mass is 328 g/mol. The smallest absolute Gasteiger partial charge is 0.339 e. The Bertz CT molecular complexity index is 614. The summed E-state index contributed by atoms with van der Waals surface area (Å²) in [7, 11) is 0. The first-order valence-electron chi connectivity index (χ1n) is 9.58.